The van der Waals surface area contributed by atoms with Gasteiger partial charge in [0.15, 0.2) is 5.78 Å². The molecule has 0 saturated carbocycles. The summed E-state index contributed by atoms with van der Waals surface area (Å²) in [5.41, 5.74) is 0.638. The molecule has 3 amide bonds. The third kappa shape index (κ3) is 4.78. The van der Waals surface area contributed by atoms with Crippen molar-refractivity contribution in [1.29, 1.82) is 0 Å². The molecule has 0 radical (unpaired) electrons. The number of hydrogen-bond acceptors (Lipinski definition) is 6. The number of methoxy groups -OCH3 is 1. The summed E-state index contributed by atoms with van der Waals surface area (Å²) in [5.74, 6) is -2.01. The molecule has 0 atom stereocenters. The van der Waals surface area contributed by atoms with E-state index in [-0.39, 0.29) is 53.7 Å². The molecule has 1 aromatic carbocycles. The molecule has 0 unspecified atom stereocenters. The zero-order valence-electron chi connectivity index (χ0n) is 15.5. The highest BCUT2D eigenvalue weighted by Gasteiger charge is 2.36. The van der Waals surface area contributed by atoms with E-state index in [0.717, 1.165) is 0 Å². The fraction of sp³-hybridized carbons (Fsp3) is 0.421. The molecule has 0 saturated heterocycles. The molecule has 0 fully saturated rings. The molecule has 8 nitrogen and oxygen atoms in total. The van der Waals surface area contributed by atoms with Crippen molar-refractivity contribution in [2.75, 3.05) is 20.2 Å². The average molecular weight is 374 g/mol. The summed E-state index contributed by atoms with van der Waals surface area (Å²) in [6.45, 7) is 3.88. The van der Waals surface area contributed by atoms with Crippen LogP contribution in [0.2, 0.25) is 0 Å². The minimum Gasteiger partial charge on any atom is -0.469 e. The van der Waals surface area contributed by atoms with Gasteiger partial charge in [0.1, 0.15) is 0 Å². The second-order valence-electron chi connectivity index (χ2n) is 6.67. The molecular weight excluding hydrogens is 352 g/mol. The summed E-state index contributed by atoms with van der Waals surface area (Å²) in [4.78, 5) is 60.9. The number of hydrogen-bond donors (Lipinski definition) is 1. The predicted octanol–water partition coefficient (Wildman–Crippen LogP) is 1.19. The minimum atomic E-state index is -0.535. The Morgan fingerprint density at radius 3 is 2.37 bits per heavy atom. The zero-order valence-corrected chi connectivity index (χ0v) is 15.5. The fourth-order valence-corrected chi connectivity index (χ4v) is 2.68. The van der Waals surface area contributed by atoms with E-state index in [9.17, 15) is 24.0 Å². The number of imide groups is 1. The van der Waals surface area contributed by atoms with Crippen molar-refractivity contribution in [3.63, 3.8) is 0 Å². The average Bonchev–Trinajstić information content (AvgIpc) is 2.88. The Bertz CT molecular complexity index is 799. The molecule has 8 heteroatoms. The van der Waals surface area contributed by atoms with E-state index in [1.54, 1.807) is 0 Å². The van der Waals surface area contributed by atoms with Gasteiger partial charge in [-0.15, -0.1) is 0 Å². The van der Waals surface area contributed by atoms with Crippen LogP contribution in [0.15, 0.2) is 18.2 Å². The van der Waals surface area contributed by atoms with Gasteiger partial charge in [0.2, 0.25) is 0 Å². The first-order chi connectivity index (χ1) is 12.7. The number of amides is 3. The van der Waals surface area contributed by atoms with Crippen molar-refractivity contribution in [2.45, 2.75) is 26.7 Å². The first kappa shape index (κ1) is 20.3. The molecule has 1 N–H and O–H groups in total. The van der Waals surface area contributed by atoms with E-state index < -0.39 is 17.8 Å². The first-order valence-corrected chi connectivity index (χ1v) is 8.61. The Morgan fingerprint density at radius 1 is 1.07 bits per heavy atom. The highest BCUT2D eigenvalue weighted by Crippen LogP contribution is 2.24. The van der Waals surface area contributed by atoms with Crippen LogP contribution in [0, 0.1) is 5.92 Å². The van der Waals surface area contributed by atoms with Gasteiger partial charge >= 0.3 is 5.97 Å². The number of ketones is 1. The van der Waals surface area contributed by atoms with Crippen LogP contribution in [0.4, 0.5) is 0 Å². The Morgan fingerprint density at radius 2 is 1.74 bits per heavy atom. The molecule has 1 aliphatic rings. The number of nitrogens with zero attached hydrogens (tertiary/aromatic N) is 1. The van der Waals surface area contributed by atoms with Gasteiger partial charge in [-0.1, -0.05) is 13.8 Å². The van der Waals surface area contributed by atoms with Crippen LogP contribution in [-0.2, 0) is 14.3 Å². The lowest BCUT2D eigenvalue weighted by Gasteiger charge is -2.15. The highest BCUT2D eigenvalue weighted by atomic mass is 16.5. The summed E-state index contributed by atoms with van der Waals surface area (Å²) in [6, 6.07) is 4.26. The Hall–Kier alpha value is -3.03. The number of rotatable bonds is 8. The van der Waals surface area contributed by atoms with Crippen LogP contribution >= 0.6 is 0 Å². The predicted molar refractivity (Wildman–Crippen MR) is 95.2 cm³/mol. The molecule has 0 aromatic heterocycles. The number of ether oxygens (including phenoxy) is 1. The van der Waals surface area contributed by atoms with Gasteiger partial charge in [0.05, 0.1) is 31.2 Å². The van der Waals surface area contributed by atoms with E-state index >= 15 is 0 Å². The molecule has 1 aromatic rings. The van der Waals surface area contributed by atoms with E-state index in [0.29, 0.717) is 6.54 Å². The Balaban J connectivity index is 2.01. The summed E-state index contributed by atoms with van der Waals surface area (Å²) in [5, 5.41) is 2.45. The number of carbonyl (C=O) groups excluding carboxylic acids is 5. The molecule has 0 bridgehead atoms. The zero-order chi connectivity index (χ0) is 20.1. The highest BCUT2D eigenvalue weighted by molar-refractivity contribution is 6.22. The summed E-state index contributed by atoms with van der Waals surface area (Å²) in [7, 11) is 1.23. The monoisotopic (exact) mass is 374 g/mol. The lowest BCUT2D eigenvalue weighted by atomic mass is 10.1. The second-order valence-corrected chi connectivity index (χ2v) is 6.67. The molecule has 0 spiro atoms. The number of benzene rings is 1. The largest absolute Gasteiger partial charge is 0.469 e. The molecular formula is C19H22N2O6. The van der Waals surface area contributed by atoms with E-state index in [2.05, 4.69) is 10.1 Å². The van der Waals surface area contributed by atoms with Crippen molar-refractivity contribution in [3.05, 3.63) is 34.9 Å². The topological polar surface area (TPSA) is 110 Å². The Labute approximate surface area is 156 Å². The van der Waals surface area contributed by atoms with Crippen LogP contribution in [0.25, 0.3) is 0 Å². The quantitative estimate of drug-likeness (QED) is 0.541. The smallest absolute Gasteiger partial charge is 0.305 e. The van der Waals surface area contributed by atoms with Crippen molar-refractivity contribution >= 4 is 29.5 Å². The number of carbonyl (C=O) groups is 5. The number of nitrogens with one attached hydrogen (secondary N) is 1. The first-order valence-electron chi connectivity index (χ1n) is 8.61. The van der Waals surface area contributed by atoms with Crippen molar-refractivity contribution in [1.82, 2.24) is 10.2 Å². The maximum atomic E-state index is 12.4. The van der Waals surface area contributed by atoms with Crippen LogP contribution in [0.3, 0.4) is 0 Å². The Kier molecular flexibility index (Phi) is 6.44. The van der Waals surface area contributed by atoms with E-state index in [1.807, 2.05) is 13.8 Å². The van der Waals surface area contributed by atoms with Crippen LogP contribution in [0.1, 0.15) is 57.8 Å². The van der Waals surface area contributed by atoms with Gasteiger partial charge < -0.3 is 10.1 Å². The molecule has 144 valence electrons. The number of Topliss-reactive ketones (excluding diaryl/α,β-unsaturated/α-hetero) is 1. The van der Waals surface area contributed by atoms with Gasteiger partial charge in [0, 0.05) is 18.5 Å². The summed E-state index contributed by atoms with van der Waals surface area (Å²) < 4.78 is 4.45. The molecule has 1 aliphatic heterocycles. The van der Waals surface area contributed by atoms with Crippen molar-refractivity contribution < 1.29 is 28.7 Å². The van der Waals surface area contributed by atoms with Crippen LogP contribution in [-0.4, -0.2) is 54.6 Å². The second kappa shape index (κ2) is 8.57. The standard InChI is InChI=1S/C19H22N2O6/c1-11(2)10-21-18(25)14-6-4-12(8-15(14)19(21)26)17(24)20-9-13(22)5-7-16(23)27-3/h4,6,8,11H,5,7,9-10H2,1-3H3,(H,20,24). The molecule has 2 rings (SSSR count). The molecule has 27 heavy (non-hydrogen) atoms. The van der Waals surface area contributed by atoms with Gasteiger partial charge in [-0.05, 0) is 24.1 Å². The number of esters is 1. The lowest BCUT2D eigenvalue weighted by Crippen LogP contribution is -2.33. The van der Waals surface area contributed by atoms with Crippen LogP contribution in [0.5, 0.6) is 0 Å². The van der Waals surface area contributed by atoms with Crippen molar-refractivity contribution in [2.24, 2.45) is 5.92 Å². The maximum absolute atomic E-state index is 12.4. The minimum absolute atomic E-state index is 0.0334. The van der Waals surface area contributed by atoms with Crippen LogP contribution < -0.4 is 5.32 Å². The van der Waals surface area contributed by atoms with Gasteiger partial charge in [-0.25, -0.2) is 0 Å². The third-order valence-corrected chi connectivity index (χ3v) is 4.06. The lowest BCUT2D eigenvalue weighted by molar-refractivity contribution is -0.141. The van der Waals surface area contributed by atoms with Crippen molar-refractivity contribution in [3.8, 4) is 0 Å². The van der Waals surface area contributed by atoms with E-state index in [1.165, 1.54) is 30.2 Å². The molecule has 1 heterocycles. The molecule has 0 aliphatic carbocycles. The SMILES string of the molecule is COC(=O)CCC(=O)CNC(=O)c1ccc2c(c1)C(=O)N(CC(C)C)C2=O. The van der Waals surface area contributed by atoms with Gasteiger partial charge in [-0.2, -0.15) is 0 Å². The van der Waals surface area contributed by atoms with E-state index in [4.69, 9.17) is 0 Å². The third-order valence-electron chi connectivity index (χ3n) is 4.06. The summed E-state index contributed by atoms with van der Waals surface area (Å²) in [6.07, 6.45) is -0.0827. The summed E-state index contributed by atoms with van der Waals surface area (Å²) >= 11 is 0. The normalized spacial score (nSPS) is 13.0. The van der Waals surface area contributed by atoms with Gasteiger partial charge in [0.25, 0.3) is 17.7 Å². The van der Waals surface area contributed by atoms with Gasteiger partial charge in [-0.3, -0.25) is 28.9 Å². The number of fused-ring (bicyclic) bond motifs is 1. The fourth-order valence-electron chi connectivity index (χ4n) is 2.68. The maximum Gasteiger partial charge on any atom is 0.305 e.